The molecule has 154 valence electrons. The van der Waals surface area contributed by atoms with E-state index in [9.17, 15) is 20.2 Å². The fourth-order valence-corrected chi connectivity index (χ4v) is 2.84. The minimum Gasteiger partial charge on any atom is -0.488 e. The lowest BCUT2D eigenvalue weighted by molar-refractivity contribution is -0.384. The molecule has 3 aromatic rings. The van der Waals surface area contributed by atoms with Gasteiger partial charge in [-0.2, -0.15) is 5.26 Å². The van der Waals surface area contributed by atoms with Gasteiger partial charge in [0.1, 0.15) is 24.0 Å². The number of ether oxygens (including phenoxy) is 1. The first-order valence-corrected chi connectivity index (χ1v) is 9.48. The number of nitriles is 1. The molecule has 1 amide bonds. The average Bonchev–Trinajstić information content (AvgIpc) is 2.77. The van der Waals surface area contributed by atoms with Crippen molar-refractivity contribution in [2.75, 3.05) is 5.32 Å². The number of benzene rings is 3. The number of nitrogens with one attached hydrogen (secondary N) is 1. The third-order valence-corrected chi connectivity index (χ3v) is 4.45. The van der Waals surface area contributed by atoms with Gasteiger partial charge >= 0.3 is 0 Å². The number of rotatable bonds is 7. The third-order valence-electron chi connectivity index (χ3n) is 4.21. The highest BCUT2D eigenvalue weighted by Crippen LogP contribution is 2.27. The standard InChI is InChI=1S/C23H16ClN3O4/c24-19-8-11-22(31-15-16-6-9-21(10-7-16)27(29)30)17(13-19)12-18(14-25)23(28)26-20-4-2-1-3-5-20/h1-13H,15H2,(H,26,28)/b18-12+. The molecule has 0 spiro atoms. The monoisotopic (exact) mass is 433 g/mol. The number of nitro groups is 1. The molecule has 0 aliphatic rings. The zero-order valence-corrected chi connectivity index (χ0v) is 16.9. The number of halogens is 1. The van der Waals surface area contributed by atoms with Crippen LogP contribution in [-0.2, 0) is 11.4 Å². The van der Waals surface area contributed by atoms with Crippen LogP contribution in [0.25, 0.3) is 6.08 Å². The smallest absolute Gasteiger partial charge is 0.269 e. The minimum absolute atomic E-state index is 0.0121. The Morgan fingerprint density at radius 3 is 2.48 bits per heavy atom. The Hall–Kier alpha value is -4.15. The van der Waals surface area contributed by atoms with Crippen molar-refractivity contribution in [1.82, 2.24) is 0 Å². The number of hydrogen-bond donors (Lipinski definition) is 1. The van der Waals surface area contributed by atoms with E-state index in [0.717, 1.165) is 5.56 Å². The van der Waals surface area contributed by atoms with E-state index in [0.29, 0.717) is 22.0 Å². The Morgan fingerprint density at radius 2 is 1.84 bits per heavy atom. The van der Waals surface area contributed by atoms with Crippen molar-refractivity contribution in [3.8, 4) is 11.8 Å². The molecule has 0 unspecified atom stereocenters. The van der Waals surface area contributed by atoms with E-state index in [2.05, 4.69) is 5.32 Å². The van der Waals surface area contributed by atoms with Crippen molar-refractivity contribution in [1.29, 1.82) is 5.26 Å². The fourth-order valence-electron chi connectivity index (χ4n) is 2.66. The highest BCUT2D eigenvalue weighted by Gasteiger charge is 2.12. The Kier molecular flexibility index (Phi) is 6.99. The summed E-state index contributed by atoms with van der Waals surface area (Å²) in [6.07, 6.45) is 1.40. The Labute approximate surface area is 183 Å². The maximum Gasteiger partial charge on any atom is 0.269 e. The van der Waals surface area contributed by atoms with Gasteiger partial charge in [0.15, 0.2) is 0 Å². The second-order valence-electron chi connectivity index (χ2n) is 6.38. The van der Waals surface area contributed by atoms with Crippen molar-refractivity contribution in [2.24, 2.45) is 0 Å². The highest BCUT2D eigenvalue weighted by molar-refractivity contribution is 6.30. The van der Waals surface area contributed by atoms with Crippen molar-refractivity contribution < 1.29 is 14.5 Å². The lowest BCUT2D eigenvalue weighted by Crippen LogP contribution is -2.13. The first-order chi connectivity index (χ1) is 15.0. The van der Waals surface area contributed by atoms with E-state index < -0.39 is 10.8 Å². The van der Waals surface area contributed by atoms with E-state index in [1.165, 1.54) is 18.2 Å². The normalized spacial score (nSPS) is 10.8. The Morgan fingerprint density at radius 1 is 1.13 bits per heavy atom. The first kappa shape index (κ1) is 21.6. The molecule has 0 bridgehead atoms. The van der Waals surface area contributed by atoms with Crippen LogP contribution in [0.3, 0.4) is 0 Å². The number of carbonyl (C=O) groups excluding carboxylic acids is 1. The topological polar surface area (TPSA) is 105 Å². The van der Waals surface area contributed by atoms with Crippen LogP contribution in [0.1, 0.15) is 11.1 Å². The number of anilines is 1. The van der Waals surface area contributed by atoms with E-state index in [1.54, 1.807) is 54.6 Å². The SMILES string of the molecule is N#C/C(=C\c1cc(Cl)ccc1OCc1ccc([N+](=O)[O-])cc1)C(=O)Nc1ccccc1. The average molecular weight is 434 g/mol. The van der Waals surface area contributed by atoms with Crippen molar-refractivity contribution in [3.63, 3.8) is 0 Å². The molecule has 0 aliphatic carbocycles. The zero-order chi connectivity index (χ0) is 22.2. The van der Waals surface area contributed by atoms with E-state index >= 15 is 0 Å². The predicted octanol–water partition coefficient (Wildman–Crippen LogP) is 5.37. The summed E-state index contributed by atoms with van der Waals surface area (Å²) < 4.78 is 5.81. The molecule has 0 saturated heterocycles. The molecule has 0 radical (unpaired) electrons. The van der Waals surface area contributed by atoms with Gasteiger partial charge in [-0.15, -0.1) is 0 Å². The molecule has 7 nitrogen and oxygen atoms in total. The van der Waals surface area contributed by atoms with Crippen LogP contribution < -0.4 is 10.1 Å². The van der Waals surface area contributed by atoms with Crippen LogP contribution in [0, 0.1) is 21.4 Å². The van der Waals surface area contributed by atoms with Crippen LogP contribution in [0.2, 0.25) is 5.02 Å². The number of amides is 1. The summed E-state index contributed by atoms with van der Waals surface area (Å²) in [6.45, 7) is 0.137. The summed E-state index contributed by atoms with van der Waals surface area (Å²) >= 11 is 6.08. The van der Waals surface area contributed by atoms with Crippen LogP contribution in [0.4, 0.5) is 11.4 Å². The highest BCUT2D eigenvalue weighted by atomic mass is 35.5. The van der Waals surface area contributed by atoms with Gasteiger partial charge < -0.3 is 10.1 Å². The summed E-state index contributed by atoms with van der Waals surface area (Å²) in [5.41, 5.74) is 1.61. The van der Waals surface area contributed by atoms with Gasteiger partial charge in [-0.05, 0) is 54.1 Å². The van der Waals surface area contributed by atoms with Crippen LogP contribution in [-0.4, -0.2) is 10.8 Å². The van der Waals surface area contributed by atoms with E-state index in [-0.39, 0.29) is 17.9 Å². The predicted molar refractivity (Wildman–Crippen MR) is 118 cm³/mol. The first-order valence-electron chi connectivity index (χ1n) is 9.10. The molecule has 3 aromatic carbocycles. The molecule has 0 heterocycles. The Bertz CT molecular complexity index is 1170. The molecule has 31 heavy (non-hydrogen) atoms. The number of hydrogen-bond acceptors (Lipinski definition) is 5. The molecule has 0 atom stereocenters. The quantitative estimate of drug-likeness (QED) is 0.233. The van der Waals surface area contributed by atoms with Gasteiger partial charge in [0, 0.05) is 28.4 Å². The second kappa shape index (κ2) is 10.1. The molecule has 0 saturated carbocycles. The largest absolute Gasteiger partial charge is 0.488 e. The minimum atomic E-state index is -0.560. The maximum atomic E-state index is 12.5. The van der Waals surface area contributed by atoms with Crippen LogP contribution >= 0.6 is 11.6 Å². The summed E-state index contributed by atoms with van der Waals surface area (Å²) in [6, 6.07) is 21.5. The molecule has 3 rings (SSSR count). The summed E-state index contributed by atoms with van der Waals surface area (Å²) in [4.78, 5) is 22.8. The molecule has 0 aromatic heterocycles. The third kappa shape index (κ3) is 5.92. The zero-order valence-electron chi connectivity index (χ0n) is 16.1. The number of carbonyl (C=O) groups is 1. The molecular weight excluding hydrogens is 418 g/mol. The summed E-state index contributed by atoms with van der Waals surface area (Å²) in [5.74, 6) is -0.155. The molecule has 8 heteroatoms. The van der Waals surface area contributed by atoms with Gasteiger partial charge in [-0.3, -0.25) is 14.9 Å². The van der Waals surface area contributed by atoms with E-state index in [4.69, 9.17) is 16.3 Å². The van der Waals surface area contributed by atoms with Crippen molar-refractivity contribution in [3.05, 3.63) is 105 Å². The lowest BCUT2D eigenvalue weighted by atomic mass is 10.1. The van der Waals surface area contributed by atoms with Gasteiger partial charge in [-0.1, -0.05) is 29.8 Å². The fraction of sp³-hybridized carbons (Fsp3) is 0.0435. The van der Waals surface area contributed by atoms with Gasteiger partial charge in [0.25, 0.3) is 11.6 Å². The van der Waals surface area contributed by atoms with Gasteiger partial charge in [0.2, 0.25) is 0 Å². The Balaban J connectivity index is 1.80. The van der Waals surface area contributed by atoms with Crippen LogP contribution in [0.15, 0.2) is 78.4 Å². The van der Waals surface area contributed by atoms with Crippen LogP contribution in [0.5, 0.6) is 5.75 Å². The lowest BCUT2D eigenvalue weighted by Gasteiger charge is -2.11. The second-order valence-corrected chi connectivity index (χ2v) is 6.82. The molecule has 1 N–H and O–H groups in total. The number of nitro benzene ring substituents is 1. The maximum absolute atomic E-state index is 12.5. The summed E-state index contributed by atoms with van der Waals surface area (Å²) in [5, 5.41) is 23.3. The number of para-hydroxylation sites is 1. The number of nitrogens with zero attached hydrogens (tertiary/aromatic N) is 2. The van der Waals surface area contributed by atoms with Gasteiger partial charge in [0.05, 0.1) is 4.92 Å². The van der Waals surface area contributed by atoms with E-state index in [1.807, 2.05) is 12.1 Å². The van der Waals surface area contributed by atoms with Crippen molar-refractivity contribution in [2.45, 2.75) is 6.61 Å². The molecule has 0 fully saturated rings. The van der Waals surface area contributed by atoms with Crippen molar-refractivity contribution >= 4 is 35.0 Å². The molecular formula is C23H16ClN3O4. The van der Waals surface area contributed by atoms with Gasteiger partial charge in [-0.25, -0.2) is 0 Å². The number of non-ortho nitro benzene ring substituents is 1. The molecule has 0 aliphatic heterocycles. The summed E-state index contributed by atoms with van der Waals surface area (Å²) in [7, 11) is 0.